The van der Waals surface area contributed by atoms with E-state index in [9.17, 15) is 9.59 Å². The number of amides is 1. The van der Waals surface area contributed by atoms with Crippen LogP contribution in [0.5, 0.6) is 0 Å². The minimum atomic E-state index is -0.828. The molecule has 0 aromatic heterocycles. The number of carboxylic acid groups (broad SMARTS) is 1. The zero-order chi connectivity index (χ0) is 11.8. The van der Waals surface area contributed by atoms with Crippen molar-refractivity contribution in [2.24, 2.45) is 11.8 Å². The Labute approximate surface area is 95.4 Å². The highest BCUT2D eigenvalue weighted by atomic mass is 16.4. The van der Waals surface area contributed by atoms with Crippen molar-refractivity contribution in [1.82, 2.24) is 5.32 Å². The van der Waals surface area contributed by atoms with E-state index in [2.05, 4.69) is 12.2 Å². The molecule has 90 valence electrons. The molecule has 2 fully saturated rings. The van der Waals surface area contributed by atoms with E-state index in [-0.39, 0.29) is 17.4 Å². The maximum Gasteiger partial charge on any atom is 0.307 e. The fraction of sp³-hybridized carbons (Fsp3) is 0.833. The van der Waals surface area contributed by atoms with Crippen molar-refractivity contribution in [3.8, 4) is 0 Å². The second kappa shape index (κ2) is 4.07. The lowest BCUT2D eigenvalue weighted by atomic mass is 9.70. The Morgan fingerprint density at radius 2 is 1.94 bits per heavy atom. The van der Waals surface area contributed by atoms with Gasteiger partial charge in [0.05, 0.1) is 11.8 Å². The van der Waals surface area contributed by atoms with E-state index in [1.54, 1.807) is 0 Å². The summed E-state index contributed by atoms with van der Waals surface area (Å²) in [4.78, 5) is 22.8. The third-order valence-electron chi connectivity index (χ3n) is 4.30. The summed E-state index contributed by atoms with van der Waals surface area (Å²) in [5.41, 5.74) is -0.0181. The summed E-state index contributed by atoms with van der Waals surface area (Å²) < 4.78 is 0. The summed E-state index contributed by atoms with van der Waals surface area (Å²) in [7, 11) is 0. The molecule has 0 radical (unpaired) electrons. The number of rotatable bonds is 4. The van der Waals surface area contributed by atoms with Gasteiger partial charge >= 0.3 is 5.97 Å². The summed E-state index contributed by atoms with van der Waals surface area (Å²) in [6.07, 6.45) is 5.57. The topological polar surface area (TPSA) is 66.4 Å². The Morgan fingerprint density at radius 3 is 2.25 bits per heavy atom. The number of hydrogen-bond acceptors (Lipinski definition) is 2. The molecular formula is C12H19NO3. The lowest BCUT2D eigenvalue weighted by Crippen LogP contribution is -2.57. The van der Waals surface area contributed by atoms with Crippen molar-refractivity contribution in [1.29, 1.82) is 0 Å². The van der Waals surface area contributed by atoms with Crippen LogP contribution in [0.25, 0.3) is 0 Å². The van der Waals surface area contributed by atoms with Crippen LogP contribution in [-0.2, 0) is 9.59 Å². The molecule has 2 unspecified atom stereocenters. The summed E-state index contributed by atoms with van der Waals surface area (Å²) in [5, 5.41) is 12.0. The van der Waals surface area contributed by atoms with Crippen LogP contribution in [0, 0.1) is 11.8 Å². The number of carbonyl (C=O) groups excluding carboxylic acids is 1. The normalized spacial score (nSPS) is 31.1. The van der Waals surface area contributed by atoms with Gasteiger partial charge in [-0.1, -0.05) is 6.92 Å². The van der Waals surface area contributed by atoms with Crippen LogP contribution in [0.15, 0.2) is 0 Å². The molecule has 2 N–H and O–H groups in total. The Kier molecular flexibility index (Phi) is 2.91. The molecule has 0 spiro atoms. The third kappa shape index (κ3) is 1.81. The smallest absolute Gasteiger partial charge is 0.307 e. The fourth-order valence-corrected chi connectivity index (χ4v) is 2.63. The van der Waals surface area contributed by atoms with Gasteiger partial charge in [0, 0.05) is 5.54 Å². The summed E-state index contributed by atoms with van der Waals surface area (Å²) in [6.45, 7) is 2.08. The second-order valence-corrected chi connectivity index (χ2v) is 5.11. The van der Waals surface area contributed by atoms with E-state index in [1.165, 1.54) is 6.42 Å². The molecule has 2 saturated carbocycles. The van der Waals surface area contributed by atoms with Gasteiger partial charge in [0.15, 0.2) is 0 Å². The van der Waals surface area contributed by atoms with Gasteiger partial charge in [-0.2, -0.15) is 0 Å². The minimum absolute atomic E-state index is 0.0181. The molecule has 0 aromatic carbocycles. The molecule has 0 heterocycles. The van der Waals surface area contributed by atoms with Gasteiger partial charge < -0.3 is 10.4 Å². The molecule has 2 atom stereocenters. The van der Waals surface area contributed by atoms with Crippen molar-refractivity contribution in [3.05, 3.63) is 0 Å². The molecule has 16 heavy (non-hydrogen) atoms. The first kappa shape index (κ1) is 11.4. The van der Waals surface area contributed by atoms with Gasteiger partial charge in [0.2, 0.25) is 5.91 Å². The van der Waals surface area contributed by atoms with Crippen molar-refractivity contribution < 1.29 is 14.7 Å². The van der Waals surface area contributed by atoms with Gasteiger partial charge in [-0.25, -0.2) is 0 Å². The lowest BCUT2D eigenvalue weighted by Gasteiger charge is -2.44. The predicted molar refractivity (Wildman–Crippen MR) is 58.9 cm³/mol. The standard InChI is InChI=1S/C12H19NO3/c1-2-12(6-3-7-12)13-10(14)8-4-5-9(8)11(15)16/h8-9H,2-7H2,1H3,(H,13,14)(H,15,16). The van der Waals surface area contributed by atoms with Gasteiger partial charge in [0.1, 0.15) is 0 Å². The van der Waals surface area contributed by atoms with E-state index in [4.69, 9.17) is 5.11 Å². The van der Waals surface area contributed by atoms with Gasteiger partial charge in [0.25, 0.3) is 0 Å². The first-order chi connectivity index (χ1) is 7.58. The Balaban J connectivity index is 1.91. The van der Waals surface area contributed by atoms with Gasteiger partial charge in [-0.05, 0) is 38.5 Å². The Bertz CT molecular complexity index is 304. The van der Waals surface area contributed by atoms with Crippen LogP contribution in [0.2, 0.25) is 0 Å². The van der Waals surface area contributed by atoms with E-state index < -0.39 is 11.9 Å². The number of carboxylic acids is 1. The fourth-order valence-electron chi connectivity index (χ4n) is 2.63. The third-order valence-corrected chi connectivity index (χ3v) is 4.30. The monoisotopic (exact) mass is 225 g/mol. The Morgan fingerprint density at radius 1 is 1.31 bits per heavy atom. The molecule has 0 bridgehead atoms. The number of carbonyl (C=O) groups is 2. The zero-order valence-electron chi connectivity index (χ0n) is 9.66. The van der Waals surface area contributed by atoms with Crippen molar-refractivity contribution >= 4 is 11.9 Å². The molecule has 0 aromatic rings. The largest absolute Gasteiger partial charge is 0.481 e. The quantitative estimate of drug-likeness (QED) is 0.762. The zero-order valence-corrected chi connectivity index (χ0v) is 9.66. The molecule has 2 aliphatic rings. The molecule has 2 rings (SSSR count). The van der Waals surface area contributed by atoms with E-state index >= 15 is 0 Å². The lowest BCUT2D eigenvalue weighted by molar-refractivity contribution is -0.153. The highest BCUT2D eigenvalue weighted by Crippen LogP contribution is 2.38. The molecular weight excluding hydrogens is 206 g/mol. The molecule has 4 heteroatoms. The van der Waals surface area contributed by atoms with E-state index in [1.807, 2.05) is 0 Å². The van der Waals surface area contributed by atoms with Crippen molar-refractivity contribution in [3.63, 3.8) is 0 Å². The molecule has 0 aliphatic heterocycles. The van der Waals surface area contributed by atoms with Gasteiger partial charge in [-0.15, -0.1) is 0 Å². The first-order valence-electron chi connectivity index (χ1n) is 6.13. The molecule has 2 aliphatic carbocycles. The number of aliphatic carboxylic acids is 1. The van der Waals surface area contributed by atoms with Gasteiger partial charge in [-0.3, -0.25) is 9.59 Å². The Hall–Kier alpha value is -1.06. The van der Waals surface area contributed by atoms with Crippen molar-refractivity contribution in [2.75, 3.05) is 0 Å². The average Bonchev–Trinajstić information content (AvgIpc) is 2.08. The van der Waals surface area contributed by atoms with Crippen LogP contribution in [0.1, 0.15) is 45.4 Å². The van der Waals surface area contributed by atoms with Crippen LogP contribution in [0.4, 0.5) is 0 Å². The number of nitrogens with one attached hydrogen (secondary N) is 1. The van der Waals surface area contributed by atoms with Crippen molar-refractivity contribution in [2.45, 2.75) is 51.0 Å². The minimum Gasteiger partial charge on any atom is -0.481 e. The maximum atomic E-state index is 11.9. The van der Waals surface area contributed by atoms with Crippen LogP contribution in [0.3, 0.4) is 0 Å². The van der Waals surface area contributed by atoms with Crippen LogP contribution < -0.4 is 5.32 Å². The summed E-state index contributed by atoms with van der Waals surface area (Å²) in [6, 6.07) is 0. The highest BCUT2D eigenvalue weighted by molar-refractivity contribution is 5.86. The van der Waals surface area contributed by atoms with Crippen LogP contribution >= 0.6 is 0 Å². The highest BCUT2D eigenvalue weighted by Gasteiger charge is 2.45. The first-order valence-corrected chi connectivity index (χ1v) is 6.13. The average molecular weight is 225 g/mol. The molecule has 0 saturated heterocycles. The summed E-state index contributed by atoms with van der Waals surface area (Å²) >= 11 is 0. The predicted octanol–water partition coefficient (Wildman–Crippen LogP) is 1.55. The van der Waals surface area contributed by atoms with E-state index in [0.29, 0.717) is 6.42 Å². The number of hydrogen-bond donors (Lipinski definition) is 2. The SMILES string of the molecule is CCC1(NC(=O)C2CCC2C(=O)O)CCC1. The second-order valence-electron chi connectivity index (χ2n) is 5.11. The van der Waals surface area contributed by atoms with Crippen LogP contribution in [-0.4, -0.2) is 22.5 Å². The summed E-state index contributed by atoms with van der Waals surface area (Å²) in [5.74, 6) is -1.61. The maximum absolute atomic E-state index is 11.9. The molecule has 4 nitrogen and oxygen atoms in total. The molecule has 1 amide bonds. The van der Waals surface area contributed by atoms with E-state index in [0.717, 1.165) is 25.7 Å².